The molecule has 0 heterocycles. The number of likely N-dealkylation sites (N-methyl/N-ethyl adjacent to an activating group) is 2. The number of hydrogen-bond donors (Lipinski definition) is 1. The summed E-state index contributed by atoms with van der Waals surface area (Å²) in [4.78, 5) is 2.43. The fraction of sp³-hybridized carbons (Fsp3) is 0.600. The van der Waals surface area contributed by atoms with Gasteiger partial charge in [-0.05, 0) is 37.7 Å². The molecule has 0 amide bonds. The lowest BCUT2D eigenvalue weighted by molar-refractivity contribution is 0.215. The fourth-order valence-corrected chi connectivity index (χ4v) is 2.26. The van der Waals surface area contributed by atoms with E-state index < -0.39 is 0 Å². The van der Waals surface area contributed by atoms with Crippen LogP contribution in [0.2, 0.25) is 5.02 Å². The Morgan fingerprint density at radius 3 is 2.44 bits per heavy atom. The predicted octanol–water partition coefficient (Wildman–Crippen LogP) is 3.55. The van der Waals surface area contributed by atoms with E-state index in [0.717, 1.165) is 24.7 Å². The molecule has 0 spiro atoms. The summed E-state index contributed by atoms with van der Waals surface area (Å²) < 4.78 is 0. The number of nitrogens with zero attached hydrogens (tertiary/aromatic N) is 1. The van der Waals surface area contributed by atoms with E-state index in [1.54, 1.807) is 0 Å². The molecule has 0 aromatic heterocycles. The maximum atomic E-state index is 5.91. The van der Waals surface area contributed by atoms with Gasteiger partial charge in [0.15, 0.2) is 0 Å². The lowest BCUT2D eigenvalue weighted by atomic mass is 10.1. The first-order chi connectivity index (χ1) is 8.67. The molecule has 0 aliphatic carbocycles. The maximum absolute atomic E-state index is 5.91. The maximum Gasteiger partial charge on any atom is 0.0406 e. The third kappa shape index (κ3) is 5.38. The van der Waals surface area contributed by atoms with Gasteiger partial charge in [-0.1, -0.05) is 44.0 Å². The molecule has 1 N–H and O–H groups in total. The van der Waals surface area contributed by atoms with E-state index >= 15 is 0 Å². The van der Waals surface area contributed by atoms with E-state index in [1.807, 2.05) is 12.1 Å². The van der Waals surface area contributed by atoms with E-state index in [1.165, 1.54) is 18.4 Å². The van der Waals surface area contributed by atoms with E-state index in [2.05, 4.69) is 43.2 Å². The Balaban J connectivity index is 2.53. The summed E-state index contributed by atoms with van der Waals surface area (Å²) >= 11 is 5.91. The molecule has 1 rings (SSSR count). The lowest BCUT2D eigenvalue weighted by Gasteiger charge is -2.28. The first-order valence-electron chi connectivity index (χ1n) is 6.82. The van der Waals surface area contributed by atoms with Crippen molar-refractivity contribution in [2.75, 3.05) is 20.1 Å². The molecule has 102 valence electrons. The van der Waals surface area contributed by atoms with Crippen LogP contribution in [-0.2, 0) is 6.54 Å². The Kier molecular flexibility index (Phi) is 7.33. The van der Waals surface area contributed by atoms with Crippen molar-refractivity contribution < 1.29 is 0 Å². The van der Waals surface area contributed by atoms with E-state index in [0.29, 0.717) is 6.04 Å². The summed E-state index contributed by atoms with van der Waals surface area (Å²) in [5, 5.41) is 4.25. The standard InChI is InChI=1S/C15H25ClN2/c1-4-6-15(11-17-5-2)18(3)12-13-7-9-14(16)10-8-13/h7-10,15,17H,4-6,11-12H2,1-3H3. The van der Waals surface area contributed by atoms with Crippen LogP contribution in [0, 0.1) is 0 Å². The van der Waals surface area contributed by atoms with Crippen molar-refractivity contribution in [3.8, 4) is 0 Å². The highest BCUT2D eigenvalue weighted by molar-refractivity contribution is 6.30. The molecule has 18 heavy (non-hydrogen) atoms. The normalized spacial score (nSPS) is 12.9. The quantitative estimate of drug-likeness (QED) is 0.776. The van der Waals surface area contributed by atoms with Gasteiger partial charge in [-0.25, -0.2) is 0 Å². The summed E-state index contributed by atoms with van der Waals surface area (Å²) in [6.45, 7) is 7.48. The van der Waals surface area contributed by atoms with Crippen molar-refractivity contribution in [2.45, 2.75) is 39.3 Å². The first-order valence-corrected chi connectivity index (χ1v) is 7.20. The second-order valence-corrected chi connectivity index (χ2v) is 5.23. The molecule has 0 saturated heterocycles. The average Bonchev–Trinajstić information content (AvgIpc) is 2.37. The zero-order valence-corrected chi connectivity index (χ0v) is 12.5. The van der Waals surface area contributed by atoms with E-state index in [-0.39, 0.29) is 0 Å². The third-order valence-corrected chi connectivity index (χ3v) is 3.47. The van der Waals surface area contributed by atoms with Gasteiger partial charge in [0.2, 0.25) is 0 Å². The number of rotatable bonds is 8. The largest absolute Gasteiger partial charge is 0.315 e. The van der Waals surface area contributed by atoms with Crippen LogP contribution in [0.3, 0.4) is 0 Å². The average molecular weight is 269 g/mol. The molecule has 1 atom stereocenters. The second-order valence-electron chi connectivity index (χ2n) is 4.79. The minimum atomic E-state index is 0.602. The molecule has 2 nitrogen and oxygen atoms in total. The summed E-state index contributed by atoms with van der Waals surface area (Å²) in [6.07, 6.45) is 2.46. The van der Waals surface area contributed by atoms with Crippen molar-refractivity contribution in [1.29, 1.82) is 0 Å². The molecule has 1 aromatic rings. The molecule has 1 aromatic carbocycles. The number of nitrogens with one attached hydrogen (secondary N) is 1. The fourth-order valence-electron chi connectivity index (χ4n) is 2.13. The number of halogens is 1. The molecule has 1 unspecified atom stereocenters. The van der Waals surface area contributed by atoms with Crippen LogP contribution in [0.5, 0.6) is 0 Å². The highest BCUT2D eigenvalue weighted by Crippen LogP contribution is 2.13. The topological polar surface area (TPSA) is 15.3 Å². The van der Waals surface area contributed by atoms with Crippen LogP contribution in [-0.4, -0.2) is 31.1 Å². The van der Waals surface area contributed by atoms with E-state index in [9.17, 15) is 0 Å². The summed E-state index contributed by atoms with van der Waals surface area (Å²) in [7, 11) is 2.20. The Hall–Kier alpha value is -0.570. The molecule has 3 heteroatoms. The van der Waals surface area contributed by atoms with Crippen LogP contribution >= 0.6 is 11.6 Å². The van der Waals surface area contributed by atoms with Crippen LogP contribution in [0.1, 0.15) is 32.3 Å². The number of benzene rings is 1. The van der Waals surface area contributed by atoms with E-state index in [4.69, 9.17) is 11.6 Å². The van der Waals surface area contributed by atoms with Gasteiger partial charge in [-0.2, -0.15) is 0 Å². The first kappa shape index (κ1) is 15.5. The van der Waals surface area contributed by atoms with Gasteiger partial charge in [0.05, 0.1) is 0 Å². The highest BCUT2D eigenvalue weighted by Gasteiger charge is 2.13. The van der Waals surface area contributed by atoms with Gasteiger partial charge in [0.1, 0.15) is 0 Å². The Labute approximate surface area is 116 Å². The molecule has 0 aliphatic rings. The van der Waals surface area contributed by atoms with Gasteiger partial charge < -0.3 is 5.32 Å². The van der Waals surface area contributed by atoms with Gasteiger partial charge in [0.25, 0.3) is 0 Å². The minimum absolute atomic E-state index is 0.602. The molecular formula is C15H25ClN2. The predicted molar refractivity (Wildman–Crippen MR) is 80.2 cm³/mol. The second kappa shape index (κ2) is 8.52. The van der Waals surface area contributed by atoms with Crippen molar-refractivity contribution in [1.82, 2.24) is 10.2 Å². The van der Waals surface area contributed by atoms with Gasteiger partial charge in [0, 0.05) is 24.2 Å². The van der Waals surface area contributed by atoms with Crippen LogP contribution in [0.15, 0.2) is 24.3 Å². The summed E-state index contributed by atoms with van der Waals surface area (Å²) in [6, 6.07) is 8.74. The minimum Gasteiger partial charge on any atom is -0.315 e. The van der Waals surface area contributed by atoms with Crippen molar-refractivity contribution in [3.63, 3.8) is 0 Å². The van der Waals surface area contributed by atoms with Crippen molar-refractivity contribution in [2.24, 2.45) is 0 Å². The van der Waals surface area contributed by atoms with Gasteiger partial charge in [-0.3, -0.25) is 4.90 Å². The lowest BCUT2D eigenvalue weighted by Crippen LogP contribution is -2.39. The molecular weight excluding hydrogens is 244 g/mol. The summed E-state index contributed by atoms with van der Waals surface area (Å²) in [5.74, 6) is 0. The molecule has 0 bridgehead atoms. The van der Waals surface area contributed by atoms with Crippen molar-refractivity contribution in [3.05, 3.63) is 34.9 Å². The van der Waals surface area contributed by atoms with Crippen LogP contribution in [0.4, 0.5) is 0 Å². The molecule has 0 saturated carbocycles. The highest BCUT2D eigenvalue weighted by atomic mass is 35.5. The van der Waals surface area contributed by atoms with Gasteiger partial charge >= 0.3 is 0 Å². The number of hydrogen-bond acceptors (Lipinski definition) is 2. The Bertz CT molecular complexity index is 324. The van der Waals surface area contributed by atoms with Crippen LogP contribution in [0.25, 0.3) is 0 Å². The van der Waals surface area contributed by atoms with Crippen LogP contribution < -0.4 is 5.32 Å². The zero-order valence-electron chi connectivity index (χ0n) is 11.7. The SMILES string of the molecule is CCCC(CNCC)N(C)Cc1ccc(Cl)cc1. The summed E-state index contributed by atoms with van der Waals surface area (Å²) in [5.41, 5.74) is 1.32. The zero-order chi connectivity index (χ0) is 13.4. The molecule has 0 aliphatic heterocycles. The molecule has 0 fully saturated rings. The van der Waals surface area contributed by atoms with Crippen molar-refractivity contribution >= 4 is 11.6 Å². The third-order valence-electron chi connectivity index (χ3n) is 3.22. The van der Waals surface area contributed by atoms with Gasteiger partial charge in [-0.15, -0.1) is 0 Å². The monoisotopic (exact) mass is 268 g/mol. The molecule has 0 radical (unpaired) electrons. The Morgan fingerprint density at radius 2 is 1.89 bits per heavy atom. The smallest absolute Gasteiger partial charge is 0.0406 e. The Morgan fingerprint density at radius 1 is 1.22 bits per heavy atom.